The Morgan fingerprint density at radius 3 is 2.79 bits per heavy atom. The Labute approximate surface area is 139 Å². The number of aromatic hydroxyl groups is 1. The minimum absolute atomic E-state index is 0.0428. The predicted octanol–water partition coefficient (Wildman–Crippen LogP) is 1.97. The van der Waals surface area contributed by atoms with Gasteiger partial charge in [0.15, 0.2) is 11.5 Å². The number of amides is 1. The number of ether oxygens (including phenoxy) is 2. The average Bonchev–Trinajstić information content (AvgIpc) is 2.61. The van der Waals surface area contributed by atoms with Gasteiger partial charge in [0.05, 0.1) is 27.0 Å². The van der Waals surface area contributed by atoms with Crippen molar-refractivity contribution in [2.75, 3.05) is 26.1 Å². The maximum atomic E-state index is 11.8. The fraction of sp³-hybridized carbons (Fsp3) is 0.176. The summed E-state index contributed by atoms with van der Waals surface area (Å²) in [7, 11) is 3.04. The molecule has 0 aliphatic carbocycles. The molecule has 2 aromatic rings. The first-order valence-corrected chi connectivity index (χ1v) is 7.19. The van der Waals surface area contributed by atoms with Crippen LogP contribution in [0, 0.1) is 0 Å². The van der Waals surface area contributed by atoms with Gasteiger partial charge in [-0.05, 0) is 35.9 Å². The summed E-state index contributed by atoms with van der Waals surface area (Å²) < 4.78 is 10.1. The minimum atomic E-state index is -0.292. The number of carbonyl (C=O) groups is 1. The van der Waals surface area contributed by atoms with Gasteiger partial charge in [0.25, 0.3) is 5.91 Å². The molecular formula is C17H19N3O4. The Morgan fingerprint density at radius 2 is 2.04 bits per heavy atom. The van der Waals surface area contributed by atoms with E-state index >= 15 is 0 Å². The summed E-state index contributed by atoms with van der Waals surface area (Å²) in [6, 6.07) is 12.0. The summed E-state index contributed by atoms with van der Waals surface area (Å²) in [5, 5.41) is 16.3. The number of carbonyl (C=O) groups excluding carboxylic acids is 1. The first kappa shape index (κ1) is 17.1. The quantitative estimate of drug-likeness (QED) is 0.533. The second-order valence-corrected chi connectivity index (χ2v) is 4.81. The number of nitrogens with one attached hydrogen (secondary N) is 2. The molecule has 0 aromatic heterocycles. The molecule has 0 aliphatic rings. The maximum absolute atomic E-state index is 11.8. The number of phenolic OH excluding ortho intramolecular Hbond substituents is 1. The molecule has 0 fully saturated rings. The number of rotatable bonds is 7. The Bertz CT molecular complexity index is 732. The lowest BCUT2D eigenvalue weighted by atomic mass is 10.2. The molecule has 0 saturated heterocycles. The second kappa shape index (κ2) is 8.42. The van der Waals surface area contributed by atoms with Crippen molar-refractivity contribution in [3.63, 3.8) is 0 Å². The van der Waals surface area contributed by atoms with Crippen LogP contribution in [-0.4, -0.2) is 38.0 Å². The number of phenols is 1. The molecule has 0 heterocycles. The number of hydrogen-bond acceptors (Lipinski definition) is 6. The van der Waals surface area contributed by atoms with Gasteiger partial charge in [0, 0.05) is 11.8 Å². The van der Waals surface area contributed by atoms with E-state index in [0.29, 0.717) is 17.1 Å². The van der Waals surface area contributed by atoms with Crippen LogP contribution in [0.25, 0.3) is 0 Å². The minimum Gasteiger partial charge on any atom is -0.504 e. The van der Waals surface area contributed by atoms with Crippen molar-refractivity contribution in [2.45, 2.75) is 0 Å². The van der Waals surface area contributed by atoms with E-state index in [1.165, 1.54) is 19.4 Å². The number of benzene rings is 2. The molecule has 3 N–H and O–H groups in total. The highest BCUT2D eigenvalue weighted by molar-refractivity contribution is 5.84. The van der Waals surface area contributed by atoms with Crippen molar-refractivity contribution in [2.24, 2.45) is 5.10 Å². The van der Waals surface area contributed by atoms with E-state index in [4.69, 9.17) is 9.47 Å². The molecule has 126 valence electrons. The smallest absolute Gasteiger partial charge is 0.259 e. The van der Waals surface area contributed by atoms with E-state index in [0.717, 1.165) is 5.69 Å². The van der Waals surface area contributed by atoms with Gasteiger partial charge in [-0.15, -0.1) is 0 Å². The Kier molecular flexibility index (Phi) is 6.01. The molecular weight excluding hydrogens is 310 g/mol. The maximum Gasteiger partial charge on any atom is 0.259 e. The number of hydrazone groups is 1. The number of hydrogen-bond donors (Lipinski definition) is 3. The second-order valence-electron chi connectivity index (χ2n) is 4.81. The third kappa shape index (κ3) is 4.91. The summed E-state index contributed by atoms with van der Waals surface area (Å²) in [6.45, 7) is 0.0728. The molecule has 0 saturated carbocycles. The Hall–Kier alpha value is -3.22. The summed E-state index contributed by atoms with van der Waals surface area (Å²) in [5.74, 6) is 0.797. The molecule has 0 atom stereocenters. The number of nitrogens with zero attached hydrogens (tertiary/aromatic N) is 1. The largest absolute Gasteiger partial charge is 0.504 e. The SMILES string of the molecule is COc1cccc(NCC(=O)N/N=C/c2ccc(O)c(OC)c2)c1. The zero-order valence-electron chi connectivity index (χ0n) is 13.4. The lowest BCUT2D eigenvalue weighted by molar-refractivity contribution is -0.119. The highest BCUT2D eigenvalue weighted by atomic mass is 16.5. The first-order valence-electron chi connectivity index (χ1n) is 7.19. The van der Waals surface area contributed by atoms with Crippen molar-refractivity contribution in [1.82, 2.24) is 5.43 Å². The zero-order chi connectivity index (χ0) is 17.4. The average molecular weight is 329 g/mol. The van der Waals surface area contributed by atoms with Crippen molar-refractivity contribution < 1.29 is 19.4 Å². The van der Waals surface area contributed by atoms with Crippen molar-refractivity contribution in [3.8, 4) is 17.2 Å². The molecule has 24 heavy (non-hydrogen) atoms. The van der Waals surface area contributed by atoms with Crippen molar-refractivity contribution in [3.05, 3.63) is 48.0 Å². The Morgan fingerprint density at radius 1 is 1.21 bits per heavy atom. The number of anilines is 1. The normalized spacial score (nSPS) is 10.4. The molecule has 0 bridgehead atoms. The van der Waals surface area contributed by atoms with E-state index in [9.17, 15) is 9.90 Å². The summed E-state index contributed by atoms with van der Waals surface area (Å²) in [5.41, 5.74) is 3.88. The van der Waals surface area contributed by atoms with Gasteiger partial charge in [-0.3, -0.25) is 4.79 Å². The molecule has 7 nitrogen and oxygen atoms in total. The highest BCUT2D eigenvalue weighted by Gasteiger charge is 2.02. The number of methoxy groups -OCH3 is 2. The van der Waals surface area contributed by atoms with Gasteiger partial charge in [0.2, 0.25) is 0 Å². The molecule has 0 radical (unpaired) electrons. The van der Waals surface area contributed by atoms with Crippen LogP contribution < -0.4 is 20.2 Å². The first-order chi connectivity index (χ1) is 11.6. The predicted molar refractivity (Wildman–Crippen MR) is 91.9 cm³/mol. The molecule has 0 spiro atoms. The van der Waals surface area contributed by atoms with Crippen molar-refractivity contribution in [1.29, 1.82) is 0 Å². The zero-order valence-corrected chi connectivity index (χ0v) is 13.4. The molecule has 1 amide bonds. The molecule has 2 aromatic carbocycles. The van der Waals surface area contributed by atoms with Gasteiger partial charge >= 0.3 is 0 Å². The van der Waals surface area contributed by atoms with Gasteiger partial charge in [0.1, 0.15) is 5.75 Å². The van der Waals surface area contributed by atoms with Gasteiger partial charge in [-0.1, -0.05) is 6.07 Å². The van der Waals surface area contributed by atoms with Crippen LogP contribution in [0.5, 0.6) is 17.2 Å². The Balaban J connectivity index is 1.84. The van der Waals surface area contributed by atoms with Crippen LogP contribution in [0.4, 0.5) is 5.69 Å². The van der Waals surface area contributed by atoms with Gasteiger partial charge in [-0.25, -0.2) is 5.43 Å². The van der Waals surface area contributed by atoms with E-state index in [-0.39, 0.29) is 18.2 Å². The lowest BCUT2D eigenvalue weighted by Crippen LogP contribution is -2.25. The molecule has 0 aliphatic heterocycles. The van der Waals surface area contributed by atoms with Crippen LogP contribution in [0.15, 0.2) is 47.6 Å². The van der Waals surface area contributed by atoms with E-state index < -0.39 is 0 Å². The van der Waals surface area contributed by atoms with Crippen LogP contribution in [0.1, 0.15) is 5.56 Å². The lowest BCUT2D eigenvalue weighted by Gasteiger charge is -2.07. The van der Waals surface area contributed by atoms with Crippen LogP contribution in [0.2, 0.25) is 0 Å². The van der Waals surface area contributed by atoms with E-state index in [1.807, 2.05) is 18.2 Å². The monoisotopic (exact) mass is 329 g/mol. The van der Waals surface area contributed by atoms with Crippen LogP contribution in [0.3, 0.4) is 0 Å². The van der Waals surface area contributed by atoms with E-state index in [2.05, 4.69) is 15.8 Å². The third-order valence-corrected chi connectivity index (χ3v) is 3.13. The highest BCUT2D eigenvalue weighted by Crippen LogP contribution is 2.25. The molecule has 2 rings (SSSR count). The van der Waals surface area contributed by atoms with Crippen LogP contribution >= 0.6 is 0 Å². The summed E-state index contributed by atoms with van der Waals surface area (Å²) in [6.07, 6.45) is 1.46. The van der Waals surface area contributed by atoms with E-state index in [1.54, 1.807) is 25.3 Å². The molecule has 0 unspecified atom stereocenters. The van der Waals surface area contributed by atoms with Crippen molar-refractivity contribution >= 4 is 17.8 Å². The standard InChI is InChI=1S/C17H19N3O4/c1-23-14-5-3-4-13(9-14)18-11-17(22)20-19-10-12-6-7-15(21)16(8-12)24-2/h3-10,18,21H,11H2,1-2H3,(H,20,22)/b19-10+. The fourth-order valence-corrected chi connectivity index (χ4v) is 1.91. The molecule has 7 heteroatoms. The van der Waals surface area contributed by atoms with Gasteiger partial charge < -0.3 is 19.9 Å². The van der Waals surface area contributed by atoms with Crippen LogP contribution in [-0.2, 0) is 4.79 Å². The van der Waals surface area contributed by atoms with Gasteiger partial charge in [-0.2, -0.15) is 5.10 Å². The summed E-state index contributed by atoms with van der Waals surface area (Å²) >= 11 is 0. The summed E-state index contributed by atoms with van der Waals surface area (Å²) in [4.78, 5) is 11.8. The fourth-order valence-electron chi connectivity index (χ4n) is 1.91. The topological polar surface area (TPSA) is 92.2 Å². The third-order valence-electron chi connectivity index (χ3n) is 3.13.